The molecule has 0 saturated carbocycles. The van der Waals surface area contributed by atoms with E-state index in [1.54, 1.807) is 6.07 Å². The molecule has 2 nitrogen and oxygen atoms in total. The second-order valence-corrected chi connectivity index (χ2v) is 6.13. The lowest BCUT2D eigenvalue weighted by atomic mass is 9.91. The summed E-state index contributed by atoms with van der Waals surface area (Å²) >= 11 is 0. The number of hydrogen-bond acceptors (Lipinski definition) is 2. The molecular formula is C24H18O2. The molecule has 0 aliphatic heterocycles. The zero-order valence-corrected chi connectivity index (χ0v) is 14.1. The lowest BCUT2D eigenvalue weighted by Crippen LogP contribution is -1.89. The van der Waals surface area contributed by atoms with E-state index in [0.717, 1.165) is 22.3 Å². The van der Waals surface area contributed by atoms with Crippen LogP contribution in [-0.2, 0) is 0 Å². The first kappa shape index (κ1) is 16.0. The van der Waals surface area contributed by atoms with Crippen molar-refractivity contribution in [2.24, 2.45) is 0 Å². The quantitative estimate of drug-likeness (QED) is 0.474. The van der Waals surface area contributed by atoms with Gasteiger partial charge in [0.15, 0.2) is 0 Å². The fourth-order valence-electron chi connectivity index (χ4n) is 3.28. The van der Waals surface area contributed by atoms with Crippen molar-refractivity contribution < 1.29 is 10.2 Å². The third kappa shape index (κ3) is 2.82. The Morgan fingerprint density at radius 3 is 1.58 bits per heavy atom. The zero-order chi connectivity index (χ0) is 17.9. The molecule has 126 valence electrons. The van der Waals surface area contributed by atoms with Crippen LogP contribution in [0.2, 0.25) is 0 Å². The standard InChI is InChI=1S/C24H18O2/c25-22-16-8-13-19(17-9-3-1-4-10-17)23(22)21-15-7-14-20(24(21)26)18-11-5-2-6-12-18/h1-16,25-26H. The monoisotopic (exact) mass is 338 g/mol. The highest BCUT2D eigenvalue weighted by molar-refractivity contribution is 5.92. The number of para-hydroxylation sites is 1. The number of aromatic hydroxyl groups is 2. The summed E-state index contributed by atoms with van der Waals surface area (Å²) in [5, 5.41) is 21.6. The van der Waals surface area contributed by atoms with Crippen LogP contribution in [0.15, 0.2) is 97.1 Å². The highest BCUT2D eigenvalue weighted by Gasteiger charge is 2.17. The summed E-state index contributed by atoms with van der Waals surface area (Å²) in [4.78, 5) is 0. The van der Waals surface area contributed by atoms with Gasteiger partial charge in [-0.1, -0.05) is 91.0 Å². The smallest absolute Gasteiger partial charge is 0.131 e. The van der Waals surface area contributed by atoms with E-state index in [1.807, 2.05) is 91.0 Å². The minimum atomic E-state index is 0.145. The maximum atomic E-state index is 11.0. The van der Waals surface area contributed by atoms with Gasteiger partial charge in [0.25, 0.3) is 0 Å². The number of rotatable bonds is 3. The van der Waals surface area contributed by atoms with Gasteiger partial charge in [-0.15, -0.1) is 0 Å². The molecule has 2 heteroatoms. The van der Waals surface area contributed by atoms with Gasteiger partial charge in [0.05, 0.1) is 0 Å². The Hall–Kier alpha value is -3.52. The fourth-order valence-corrected chi connectivity index (χ4v) is 3.28. The summed E-state index contributed by atoms with van der Waals surface area (Å²) in [7, 11) is 0. The van der Waals surface area contributed by atoms with Crippen LogP contribution in [0.25, 0.3) is 33.4 Å². The Labute approximate surface area is 152 Å². The summed E-state index contributed by atoms with van der Waals surface area (Å²) in [6.07, 6.45) is 0. The van der Waals surface area contributed by atoms with Gasteiger partial charge in [0.2, 0.25) is 0 Å². The van der Waals surface area contributed by atoms with Crippen molar-refractivity contribution in [3.8, 4) is 44.9 Å². The Morgan fingerprint density at radius 2 is 0.923 bits per heavy atom. The number of benzene rings is 4. The van der Waals surface area contributed by atoms with Crippen LogP contribution < -0.4 is 0 Å². The van der Waals surface area contributed by atoms with Crippen molar-refractivity contribution in [1.29, 1.82) is 0 Å². The van der Waals surface area contributed by atoms with Gasteiger partial charge in [0.1, 0.15) is 11.5 Å². The minimum absolute atomic E-state index is 0.145. The van der Waals surface area contributed by atoms with Crippen molar-refractivity contribution in [1.82, 2.24) is 0 Å². The molecule has 0 bridgehead atoms. The zero-order valence-electron chi connectivity index (χ0n) is 14.1. The second kappa shape index (κ2) is 6.77. The molecule has 0 radical (unpaired) electrons. The van der Waals surface area contributed by atoms with Crippen molar-refractivity contribution in [3.05, 3.63) is 97.1 Å². The molecule has 0 aliphatic carbocycles. The van der Waals surface area contributed by atoms with Crippen molar-refractivity contribution in [2.45, 2.75) is 0 Å². The lowest BCUT2D eigenvalue weighted by molar-refractivity contribution is 0.470. The van der Waals surface area contributed by atoms with E-state index in [-0.39, 0.29) is 11.5 Å². The van der Waals surface area contributed by atoms with E-state index in [1.165, 1.54) is 0 Å². The molecule has 0 unspecified atom stereocenters. The average Bonchev–Trinajstić information content (AvgIpc) is 2.70. The molecule has 0 amide bonds. The molecule has 0 aliphatic rings. The Morgan fingerprint density at radius 1 is 0.423 bits per heavy atom. The van der Waals surface area contributed by atoms with E-state index in [4.69, 9.17) is 0 Å². The SMILES string of the molecule is Oc1cccc(-c2ccccc2)c1-c1cccc(-c2ccccc2)c1O. The van der Waals surface area contributed by atoms with E-state index < -0.39 is 0 Å². The molecule has 4 aromatic carbocycles. The molecule has 0 spiro atoms. The summed E-state index contributed by atoms with van der Waals surface area (Å²) in [6, 6.07) is 30.7. The predicted molar refractivity (Wildman–Crippen MR) is 106 cm³/mol. The van der Waals surface area contributed by atoms with E-state index >= 15 is 0 Å². The molecule has 4 rings (SSSR count). The van der Waals surface area contributed by atoms with Gasteiger partial charge in [0, 0.05) is 16.7 Å². The molecule has 26 heavy (non-hydrogen) atoms. The van der Waals surface area contributed by atoms with Crippen molar-refractivity contribution in [2.75, 3.05) is 0 Å². The first-order valence-corrected chi connectivity index (χ1v) is 8.51. The second-order valence-electron chi connectivity index (χ2n) is 6.13. The van der Waals surface area contributed by atoms with Gasteiger partial charge in [-0.2, -0.15) is 0 Å². The first-order valence-electron chi connectivity index (χ1n) is 8.51. The van der Waals surface area contributed by atoms with Crippen LogP contribution in [0.3, 0.4) is 0 Å². The predicted octanol–water partition coefficient (Wildman–Crippen LogP) is 6.10. The number of phenols is 2. The topological polar surface area (TPSA) is 40.5 Å². The van der Waals surface area contributed by atoms with E-state index in [0.29, 0.717) is 11.1 Å². The lowest BCUT2D eigenvalue weighted by Gasteiger charge is -2.15. The Balaban J connectivity index is 1.95. The molecule has 0 fully saturated rings. The number of phenolic OH excluding ortho intramolecular Hbond substituents is 2. The average molecular weight is 338 g/mol. The van der Waals surface area contributed by atoms with Crippen molar-refractivity contribution in [3.63, 3.8) is 0 Å². The maximum absolute atomic E-state index is 11.0. The highest BCUT2D eigenvalue weighted by atomic mass is 16.3. The van der Waals surface area contributed by atoms with Crippen molar-refractivity contribution >= 4 is 0 Å². The Bertz CT molecular complexity index is 1040. The minimum Gasteiger partial charge on any atom is -0.507 e. The number of hydrogen-bond donors (Lipinski definition) is 2. The van der Waals surface area contributed by atoms with Gasteiger partial charge in [-0.05, 0) is 22.8 Å². The van der Waals surface area contributed by atoms with Crippen LogP contribution in [0.5, 0.6) is 11.5 Å². The molecule has 0 saturated heterocycles. The fraction of sp³-hybridized carbons (Fsp3) is 0. The van der Waals surface area contributed by atoms with Crippen LogP contribution in [-0.4, -0.2) is 10.2 Å². The first-order chi connectivity index (χ1) is 12.8. The summed E-state index contributed by atoms with van der Waals surface area (Å²) in [5.74, 6) is 0.309. The van der Waals surface area contributed by atoms with Crippen LogP contribution >= 0.6 is 0 Å². The summed E-state index contributed by atoms with van der Waals surface area (Å²) < 4.78 is 0. The molecular weight excluding hydrogens is 320 g/mol. The summed E-state index contributed by atoms with van der Waals surface area (Å²) in [5.41, 5.74) is 4.79. The van der Waals surface area contributed by atoms with Crippen LogP contribution in [0, 0.1) is 0 Å². The maximum Gasteiger partial charge on any atom is 0.131 e. The van der Waals surface area contributed by atoms with Crippen LogP contribution in [0.4, 0.5) is 0 Å². The normalized spacial score (nSPS) is 10.6. The van der Waals surface area contributed by atoms with Gasteiger partial charge < -0.3 is 10.2 Å². The van der Waals surface area contributed by atoms with E-state index in [2.05, 4.69) is 0 Å². The highest BCUT2D eigenvalue weighted by Crippen LogP contribution is 2.45. The van der Waals surface area contributed by atoms with Gasteiger partial charge >= 0.3 is 0 Å². The van der Waals surface area contributed by atoms with E-state index in [9.17, 15) is 10.2 Å². The molecule has 4 aromatic rings. The third-order valence-corrected chi connectivity index (χ3v) is 4.52. The third-order valence-electron chi connectivity index (χ3n) is 4.52. The molecule has 0 atom stereocenters. The Kier molecular flexibility index (Phi) is 4.16. The van der Waals surface area contributed by atoms with Crippen LogP contribution in [0.1, 0.15) is 0 Å². The molecule has 0 aromatic heterocycles. The van der Waals surface area contributed by atoms with Gasteiger partial charge in [-0.25, -0.2) is 0 Å². The van der Waals surface area contributed by atoms with Gasteiger partial charge in [-0.3, -0.25) is 0 Å². The molecule has 2 N–H and O–H groups in total. The molecule has 0 heterocycles. The summed E-state index contributed by atoms with van der Waals surface area (Å²) in [6.45, 7) is 0. The largest absolute Gasteiger partial charge is 0.507 e.